The van der Waals surface area contributed by atoms with Gasteiger partial charge in [-0.05, 0) is 24.3 Å². The van der Waals surface area contributed by atoms with E-state index >= 15 is 0 Å². The van der Waals surface area contributed by atoms with Gasteiger partial charge in [0.2, 0.25) is 0 Å². The van der Waals surface area contributed by atoms with Crippen molar-refractivity contribution in [3.8, 4) is 0 Å². The van der Waals surface area contributed by atoms with E-state index in [0.29, 0.717) is 5.69 Å². The fourth-order valence-electron chi connectivity index (χ4n) is 0.640. The molecular weight excluding hydrogens is 212 g/mol. The molecule has 0 aromatic heterocycles. The molecule has 0 atom stereocenters. The molecule has 0 aliphatic heterocycles. The summed E-state index contributed by atoms with van der Waals surface area (Å²) in [4.78, 5) is -0.147. The van der Waals surface area contributed by atoms with Gasteiger partial charge in [-0.25, -0.2) is 0 Å². The fourth-order valence-corrected chi connectivity index (χ4v) is 1.12. The normalized spacial score (nSPS) is 9.62. The van der Waals surface area contributed by atoms with Gasteiger partial charge in [0.05, 0.1) is 4.90 Å². The monoisotopic (exact) mass is 221 g/mol. The minimum absolute atomic E-state index is 0. The molecule has 0 aliphatic carbocycles. The molecule has 1 rings (SSSR count). The van der Waals surface area contributed by atoms with E-state index in [2.05, 4.69) is 0 Å². The van der Waals surface area contributed by atoms with E-state index in [-0.39, 0.29) is 66.9 Å². The maximum Gasteiger partial charge on any atom is 1.00 e. The summed E-state index contributed by atoms with van der Waals surface area (Å²) in [6.07, 6.45) is 0. The Hall–Kier alpha value is 0.930. The zero-order valence-corrected chi connectivity index (χ0v) is 12.4. The van der Waals surface area contributed by atoms with Gasteiger partial charge in [-0.2, -0.15) is 8.42 Å². The predicted molar refractivity (Wildman–Crippen MR) is 42.9 cm³/mol. The van der Waals surface area contributed by atoms with E-state index in [4.69, 9.17) is 10.3 Å². The second-order valence-corrected chi connectivity index (χ2v) is 3.47. The summed E-state index contributed by atoms with van der Waals surface area (Å²) in [5.74, 6) is 0. The molecule has 0 spiro atoms. The molecule has 0 aliphatic rings. The van der Waals surface area contributed by atoms with Crippen molar-refractivity contribution in [3.63, 3.8) is 0 Å². The molecule has 0 fully saturated rings. The van der Waals surface area contributed by atoms with E-state index < -0.39 is 10.1 Å². The average molecular weight is 221 g/mol. The van der Waals surface area contributed by atoms with E-state index in [0.717, 1.165) is 0 Å². The van der Waals surface area contributed by atoms with Crippen molar-refractivity contribution in [2.75, 3.05) is 5.73 Å². The molecule has 1 aromatic carbocycles. The molecule has 0 amide bonds. The topological polar surface area (TPSA) is 80.4 Å². The van der Waals surface area contributed by atoms with Crippen LogP contribution in [0.15, 0.2) is 29.2 Å². The molecule has 1 aromatic rings. The minimum Gasteiger partial charge on any atom is -1.00 e. The van der Waals surface area contributed by atoms with E-state index in [1.165, 1.54) is 24.3 Å². The largest absolute Gasteiger partial charge is 1.00 e. The third-order valence-corrected chi connectivity index (χ3v) is 2.05. The third kappa shape index (κ3) is 5.39. The first-order valence-corrected chi connectivity index (χ1v) is 4.27. The van der Waals surface area contributed by atoms with Gasteiger partial charge in [-0.1, -0.05) is 0 Å². The predicted octanol–water partition coefficient (Wildman–Crippen LogP) is -5.25. The van der Waals surface area contributed by atoms with Crippen molar-refractivity contribution in [2.45, 2.75) is 4.90 Å². The maximum absolute atomic E-state index is 10.5. The molecule has 0 heterocycles. The molecule has 7 heteroatoms. The molecular formula is C6H9NNa2O3S. The summed E-state index contributed by atoms with van der Waals surface area (Å²) in [5.41, 5.74) is 5.75. The molecule has 3 N–H and O–H groups in total. The Bertz CT molecular complexity index is 357. The van der Waals surface area contributed by atoms with Crippen LogP contribution in [0.4, 0.5) is 5.69 Å². The van der Waals surface area contributed by atoms with Crippen molar-refractivity contribution in [3.05, 3.63) is 24.3 Å². The number of rotatable bonds is 1. The Labute approximate surface area is 124 Å². The van der Waals surface area contributed by atoms with Crippen LogP contribution in [0.2, 0.25) is 0 Å². The maximum atomic E-state index is 10.5. The van der Waals surface area contributed by atoms with Crippen LogP contribution < -0.4 is 64.8 Å². The van der Waals surface area contributed by atoms with Crippen LogP contribution in [0.3, 0.4) is 0 Å². The van der Waals surface area contributed by atoms with E-state index in [1.54, 1.807) is 0 Å². The second kappa shape index (κ2) is 6.42. The summed E-state index contributed by atoms with van der Waals surface area (Å²) in [6.45, 7) is 0. The summed E-state index contributed by atoms with van der Waals surface area (Å²) >= 11 is 0. The number of benzene rings is 1. The third-order valence-electron chi connectivity index (χ3n) is 1.18. The summed E-state index contributed by atoms with van der Waals surface area (Å²) in [7, 11) is -4.08. The van der Waals surface area contributed by atoms with Crippen LogP contribution in [0.1, 0.15) is 2.85 Å². The van der Waals surface area contributed by atoms with Crippen LogP contribution >= 0.6 is 0 Å². The van der Waals surface area contributed by atoms with Gasteiger partial charge >= 0.3 is 59.1 Å². The number of nitrogen functional groups attached to an aromatic ring is 1. The van der Waals surface area contributed by atoms with Crippen molar-refractivity contribution >= 4 is 15.8 Å². The fraction of sp³-hybridized carbons (Fsp3) is 0. The van der Waals surface area contributed by atoms with Crippen LogP contribution in [0.25, 0.3) is 0 Å². The first-order chi connectivity index (χ1) is 5.00. The summed E-state index contributed by atoms with van der Waals surface area (Å²) in [6, 6.07) is 5.29. The molecule has 0 radical (unpaired) electrons. The quantitative estimate of drug-likeness (QED) is 0.282. The smallest absolute Gasteiger partial charge is 1.00 e. The van der Waals surface area contributed by atoms with Crippen molar-refractivity contribution in [1.29, 1.82) is 0 Å². The first-order valence-electron chi connectivity index (χ1n) is 2.83. The van der Waals surface area contributed by atoms with Crippen LogP contribution in [0, 0.1) is 0 Å². The van der Waals surface area contributed by atoms with Gasteiger partial charge < -0.3 is 8.59 Å². The molecule has 13 heavy (non-hydrogen) atoms. The second-order valence-electron chi connectivity index (χ2n) is 2.04. The number of hydrogen-bond donors (Lipinski definition) is 2. The van der Waals surface area contributed by atoms with Gasteiger partial charge in [0.15, 0.2) is 0 Å². The van der Waals surface area contributed by atoms with E-state index in [9.17, 15) is 8.42 Å². The number of anilines is 1. The summed E-state index contributed by atoms with van der Waals surface area (Å²) in [5, 5.41) is 0. The number of nitrogens with two attached hydrogens (primary N) is 1. The molecule has 64 valence electrons. The Balaban J connectivity index is -0.000000151. The Morgan fingerprint density at radius 1 is 1.15 bits per heavy atom. The first kappa shape index (κ1) is 16.4. The van der Waals surface area contributed by atoms with Crippen LogP contribution in [-0.4, -0.2) is 13.0 Å². The zero-order chi connectivity index (χ0) is 8.48. The standard InChI is InChI=1S/C6H7NO3S.2Na.2H/c7-5-1-3-6(4-2-5)11(8,9)10;;;;/h1-4H,7H2,(H,8,9,10);;;;/q;2*+1;2*-1. The SMILES string of the molecule is Nc1ccc(S(=O)(=O)O)cc1.[H-].[H-].[Na+].[Na+]. The Kier molecular flexibility index (Phi) is 8.08. The summed E-state index contributed by atoms with van der Waals surface area (Å²) < 4.78 is 29.4. The number of hydrogen-bond acceptors (Lipinski definition) is 3. The molecule has 0 saturated carbocycles. The van der Waals surface area contributed by atoms with Crippen molar-refractivity contribution in [2.24, 2.45) is 0 Å². The van der Waals surface area contributed by atoms with Crippen molar-refractivity contribution < 1.29 is 74.9 Å². The van der Waals surface area contributed by atoms with Gasteiger partial charge in [0, 0.05) is 5.69 Å². The Morgan fingerprint density at radius 2 is 1.54 bits per heavy atom. The molecule has 0 unspecified atom stereocenters. The van der Waals surface area contributed by atoms with Crippen LogP contribution in [0.5, 0.6) is 0 Å². The molecule has 4 nitrogen and oxygen atoms in total. The average Bonchev–Trinajstić information content (AvgIpc) is 1.86. The Morgan fingerprint density at radius 3 is 1.85 bits per heavy atom. The van der Waals surface area contributed by atoms with Crippen LogP contribution in [-0.2, 0) is 10.1 Å². The van der Waals surface area contributed by atoms with Crippen molar-refractivity contribution in [1.82, 2.24) is 0 Å². The van der Waals surface area contributed by atoms with Gasteiger partial charge in [0.1, 0.15) is 0 Å². The van der Waals surface area contributed by atoms with Gasteiger partial charge in [-0.15, -0.1) is 0 Å². The molecule has 0 saturated heterocycles. The van der Waals surface area contributed by atoms with E-state index in [1.807, 2.05) is 0 Å². The van der Waals surface area contributed by atoms with Gasteiger partial charge in [-0.3, -0.25) is 4.55 Å². The zero-order valence-electron chi connectivity index (χ0n) is 9.56. The molecule has 0 bridgehead atoms. The minimum atomic E-state index is -4.08. The van der Waals surface area contributed by atoms with Gasteiger partial charge in [0.25, 0.3) is 10.1 Å².